The number of thiophene rings is 1. The van der Waals surface area contributed by atoms with Gasteiger partial charge in [-0.25, -0.2) is 0 Å². The second kappa shape index (κ2) is 6.99. The molecule has 23 heavy (non-hydrogen) atoms. The second-order valence-electron chi connectivity index (χ2n) is 6.00. The van der Waals surface area contributed by atoms with Crippen LogP contribution in [0.5, 0.6) is 0 Å². The second-order valence-corrected chi connectivity index (χ2v) is 6.98. The number of nitrogens with zero attached hydrogens (tertiary/aromatic N) is 1. The smallest absolute Gasteiger partial charge is 0.254 e. The molecule has 0 aliphatic rings. The number of rotatable bonds is 3. The van der Waals surface area contributed by atoms with E-state index in [2.05, 4.69) is 11.8 Å². The standard InChI is InChI=1S/C19H21NO2S/c1-14(17-9-6-12-23-17)20(4)18(21)16-8-5-7-15(13-16)10-11-19(2,3)22/h5-9,12-14,22H,1-4H3/t14-/m1/s1. The van der Waals surface area contributed by atoms with E-state index in [0.29, 0.717) is 5.56 Å². The summed E-state index contributed by atoms with van der Waals surface area (Å²) in [5.41, 5.74) is 0.262. The lowest BCUT2D eigenvalue weighted by molar-refractivity contribution is 0.0745. The Hall–Kier alpha value is -2.09. The van der Waals surface area contributed by atoms with E-state index in [1.165, 1.54) is 0 Å². The molecule has 1 aromatic carbocycles. The van der Waals surface area contributed by atoms with Crippen LogP contribution in [0.2, 0.25) is 0 Å². The summed E-state index contributed by atoms with van der Waals surface area (Å²) in [7, 11) is 1.81. The molecule has 1 amide bonds. The quantitative estimate of drug-likeness (QED) is 0.873. The van der Waals surface area contributed by atoms with Crippen LogP contribution in [0.3, 0.4) is 0 Å². The highest BCUT2D eigenvalue weighted by molar-refractivity contribution is 7.10. The number of hydrogen-bond acceptors (Lipinski definition) is 3. The summed E-state index contributed by atoms with van der Waals surface area (Å²) >= 11 is 1.64. The van der Waals surface area contributed by atoms with Gasteiger partial charge < -0.3 is 10.0 Å². The molecule has 3 nitrogen and oxygen atoms in total. The van der Waals surface area contributed by atoms with Crippen LogP contribution in [0.4, 0.5) is 0 Å². The van der Waals surface area contributed by atoms with Gasteiger partial charge in [-0.1, -0.05) is 24.0 Å². The molecule has 1 heterocycles. The van der Waals surface area contributed by atoms with Crippen molar-refractivity contribution in [3.63, 3.8) is 0 Å². The summed E-state index contributed by atoms with van der Waals surface area (Å²) in [6.45, 7) is 5.28. The Balaban J connectivity index is 2.20. The lowest BCUT2D eigenvalue weighted by Gasteiger charge is -2.24. The molecule has 2 aromatic rings. The van der Waals surface area contributed by atoms with Gasteiger partial charge in [-0.2, -0.15) is 0 Å². The van der Waals surface area contributed by atoms with Crippen molar-refractivity contribution in [3.8, 4) is 11.8 Å². The molecule has 0 spiro atoms. The molecule has 0 saturated heterocycles. The molecule has 4 heteroatoms. The van der Waals surface area contributed by atoms with Crippen molar-refractivity contribution < 1.29 is 9.90 Å². The summed E-state index contributed by atoms with van der Waals surface area (Å²) in [4.78, 5) is 15.5. The van der Waals surface area contributed by atoms with Crippen LogP contribution in [-0.4, -0.2) is 28.6 Å². The number of hydrogen-bond donors (Lipinski definition) is 1. The zero-order valence-electron chi connectivity index (χ0n) is 13.8. The molecule has 0 aliphatic carbocycles. The van der Waals surface area contributed by atoms with Gasteiger partial charge in [0.05, 0.1) is 6.04 Å². The fraction of sp³-hybridized carbons (Fsp3) is 0.316. The first-order valence-corrected chi connectivity index (χ1v) is 8.32. The summed E-state index contributed by atoms with van der Waals surface area (Å²) in [5, 5.41) is 11.7. The van der Waals surface area contributed by atoms with Crippen LogP contribution in [0.25, 0.3) is 0 Å². The third-order valence-electron chi connectivity index (χ3n) is 3.48. The molecule has 2 rings (SSSR count). The monoisotopic (exact) mass is 327 g/mol. The molecule has 0 unspecified atom stereocenters. The Morgan fingerprint density at radius 2 is 2.04 bits per heavy atom. The van der Waals surface area contributed by atoms with E-state index < -0.39 is 5.60 Å². The van der Waals surface area contributed by atoms with Crippen molar-refractivity contribution in [1.82, 2.24) is 4.90 Å². The van der Waals surface area contributed by atoms with Crippen LogP contribution in [0.1, 0.15) is 47.6 Å². The molecule has 0 radical (unpaired) electrons. The first kappa shape index (κ1) is 17.3. The zero-order valence-corrected chi connectivity index (χ0v) is 14.6. The first-order chi connectivity index (χ1) is 10.8. The number of carbonyl (C=O) groups excluding carboxylic acids is 1. The van der Waals surface area contributed by atoms with Crippen molar-refractivity contribution in [2.45, 2.75) is 32.4 Å². The lowest BCUT2D eigenvalue weighted by Crippen LogP contribution is -2.29. The third-order valence-corrected chi connectivity index (χ3v) is 4.52. The molecule has 1 atom stereocenters. The van der Waals surface area contributed by atoms with Crippen LogP contribution in [-0.2, 0) is 0 Å². The van der Waals surface area contributed by atoms with Crippen molar-refractivity contribution in [2.24, 2.45) is 0 Å². The summed E-state index contributed by atoms with van der Waals surface area (Å²) in [5.74, 6) is 5.62. The average Bonchev–Trinajstić information content (AvgIpc) is 3.05. The molecule has 0 fully saturated rings. The normalized spacial score (nSPS) is 12.2. The maximum absolute atomic E-state index is 12.7. The summed E-state index contributed by atoms with van der Waals surface area (Å²) < 4.78 is 0. The largest absolute Gasteiger partial charge is 0.378 e. The predicted octanol–water partition coefficient (Wildman–Crippen LogP) is 3.70. The SMILES string of the molecule is C[C@H](c1cccs1)N(C)C(=O)c1cccc(C#CC(C)(C)O)c1. The van der Waals surface area contributed by atoms with Crippen LogP contribution >= 0.6 is 11.3 Å². The van der Waals surface area contributed by atoms with Crippen molar-refractivity contribution in [1.29, 1.82) is 0 Å². The first-order valence-electron chi connectivity index (χ1n) is 7.44. The molecule has 1 aromatic heterocycles. The zero-order chi connectivity index (χ0) is 17.0. The summed E-state index contributed by atoms with van der Waals surface area (Å²) in [6.07, 6.45) is 0. The minimum atomic E-state index is -1.05. The van der Waals surface area contributed by atoms with Gasteiger partial charge in [-0.3, -0.25) is 4.79 Å². The van der Waals surface area contributed by atoms with E-state index in [1.807, 2.05) is 43.6 Å². The van der Waals surface area contributed by atoms with Crippen molar-refractivity contribution in [2.75, 3.05) is 7.05 Å². The number of amides is 1. The Kier molecular flexibility index (Phi) is 5.25. The van der Waals surface area contributed by atoms with Crippen LogP contribution in [0.15, 0.2) is 41.8 Å². The predicted molar refractivity (Wildman–Crippen MR) is 94.4 cm³/mol. The molecular weight excluding hydrogens is 306 g/mol. The topological polar surface area (TPSA) is 40.5 Å². The van der Waals surface area contributed by atoms with Crippen LogP contribution in [0, 0.1) is 11.8 Å². The highest BCUT2D eigenvalue weighted by atomic mass is 32.1. The maximum atomic E-state index is 12.7. The molecule has 120 valence electrons. The minimum absolute atomic E-state index is 0.0219. The highest BCUT2D eigenvalue weighted by Crippen LogP contribution is 2.24. The van der Waals surface area contributed by atoms with Crippen molar-refractivity contribution >= 4 is 17.2 Å². The van der Waals surface area contributed by atoms with Crippen LogP contribution < -0.4 is 0 Å². The number of benzene rings is 1. The molecule has 0 saturated carbocycles. The Morgan fingerprint density at radius 3 is 2.65 bits per heavy atom. The van der Waals surface area contributed by atoms with Gasteiger partial charge >= 0.3 is 0 Å². The van der Waals surface area contributed by atoms with E-state index in [0.717, 1.165) is 10.4 Å². The van der Waals surface area contributed by atoms with E-state index in [4.69, 9.17) is 0 Å². The Bertz CT molecular complexity index is 733. The molecule has 0 aliphatic heterocycles. The Morgan fingerprint density at radius 1 is 1.30 bits per heavy atom. The lowest BCUT2D eigenvalue weighted by atomic mass is 10.1. The molecular formula is C19H21NO2S. The van der Waals surface area contributed by atoms with E-state index >= 15 is 0 Å². The van der Waals surface area contributed by atoms with E-state index in [1.54, 1.807) is 42.2 Å². The van der Waals surface area contributed by atoms with Gasteiger partial charge in [-0.05, 0) is 50.4 Å². The third kappa shape index (κ3) is 4.69. The van der Waals surface area contributed by atoms with Gasteiger partial charge in [0.1, 0.15) is 5.60 Å². The maximum Gasteiger partial charge on any atom is 0.254 e. The summed E-state index contributed by atoms with van der Waals surface area (Å²) in [6, 6.07) is 11.2. The minimum Gasteiger partial charge on any atom is -0.378 e. The van der Waals surface area contributed by atoms with Crippen molar-refractivity contribution in [3.05, 3.63) is 57.8 Å². The van der Waals surface area contributed by atoms with Gasteiger partial charge in [0.25, 0.3) is 5.91 Å². The molecule has 1 N–H and O–H groups in total. The van der Waals surface area contributed by atoms with E-state index in [-0.39, 0.29) is 11.9 Å². The highest BCUT2D eigenvalue weighted by Gasteiger charge is 2.19. The van der Waals surface area contributed by atoms with Gasteiger partial charge in [0.15, 0.2) is 0 Å². The number of aliphatic hydroxyl groups is 1. The fourth-order valence-electron chi connectivity index (χ4n) is 2.05. The average molecular weight is 327 g/mol. The van der Waals surface area contributed by atoms with Gasteiger partial charge in [0.2, 0.25) is 0 Å². The van der Waals surface area contributed by atoms with Gasteiger partial charge in [0, 0.05) is 23.1 Å². The Labute approximate surface area is 141 Å². The fourth-order valence-corrected chi connectivity index (χ4v) is 2.88. The number of carbonyl (C=O) groups is 1. The van der Waals surface area contributed by atoms with Gasteiger partial charge in [-0.15, -0.1) is 11.3 Å². The molecule has 0 bridgehead atoms. The van der Waals surface area contributed by atoms with E-state index in [9.17, 15) is 9.90 Å².